The topological polar surface area (TPSA) is 80.9 Å². The molecule has 6 nitrogen and oxygen atoms in total. The minimum Gasteiger partial charge on any atom is -0.438 e. The van der Waals surface area contributed by atoms with Crippen LogP contribution in [0, 0.1) is 6.92 Å². The van der Waals surface area contributed by atoms with Crippen molar-refractivity contribution < 1.29 is 9.21 Å². The van der Waals surface area contributed by atoms with Crippen molar-refractivity contribution in [1.29, 1.82) is 0 Å². The molecule has 1 amide bonds. The summed E-state index contributed by atoms with van der Waals surface area (Å²) in [6.45, 7) is 1.84. The first-order valence-electron chi connectivity index (χ1n) is 5.81. The van der Waals surface area contributed by atoms with E-state index >= 15 is 0 Å². The summed E-state index contributed by atoms with van der Waals surface area (Å²) in [5, 5.41) is 4.26. The standard InChI is InChI=1S/C13H10N4O2S.CH4/c1-8-12(17-11(18)10-6-15-7-19-10)20-13(16-8)9-3-2-4-14-5-9;/h2-7H,1H3,(H,17,18);1H4. The minimum absolute atomic E-state index is 0. The molecule has 0 aliphatic carbocycles. The SMILES string of the molecule is C.Cc1nc(-c2cccnc2)sc1NC(=O)c1cnco1. The maximum atomic E-state index is 11.9. The Morgan fingerprint density at radius 3 is 2.86 bits per heavy atom. The van der Waals surface area contributed by atoms with Gasteiger partial charge in [-0.1, -0.05) is 18.8 Å². The molecule has 0 spiro atoms. The number of pyridine rings is 1. The second-order valence-corrected chi connectivity index (χ2v) is 4.99. The Bertz CT molecular complexity index is 723. The fraction of sp³-hybridized carbons (Fsp3) is 0.143. The van der Waals surface area contributed by atoms with Crippen molar-refractivity contribution in [1.82, 2.24) is 15.0 Å². The Kier molecular flexibility index (Phi) is 4.44. The minimum atomic E-state index is -0.341. The molecule has 1 N–H and O–H groups in total. The summed E-state index contributed by atoms with van der Waals surface area (Å²) in [6, 6.07) is 3.77. The van der Waals surface area contributed by atoms with Gasteiger partial charge in [-0.15, -0.1) is 0 Å². The van der Waals surface area contributed by atoms with Crippen LogP contribution in [0.4, 0.5) is 5.00 Å². The predicted octanol–water partition coefficient (Wildman–Crippen LogP) is 3.39. The molecular weight excluding hydrogens is 288 g/mol. The summed E-state index contributed by atoms with van der Waals surface area (Å²) >= 11 is 1.39. The van der Waals surface area contributed by atoms with E-state index in [2.05, 4.69) is 20.3 Å². The van der Waals surface area contributed by atoms with Gasteiger partial charge in [0.25, 0.3) is 5.91 Å². The van der Waals surface area contributed by atoms with Crippen molar-refractivity contribution in [3.05, 3.63) is 48.6 Å². The number of nitrogens with one attached hydrogen (secondary N) is 1. The number of aromatic nitrogens is 3. The zero-order valence-electron chi connectivity index (χ0n) is 10.5. The summed E-state index contributed by atoms with van der Waals surface area (Å²) in [5.74, 6) is -0.173. The van der Waals surface area contributed by atoms with E-state index in [1.54, 1.807) is 12.4 Å². The van der Waals surface area contributed by atoms with Gasteiger partial charge in [0.2, 0.25) is 5.76 Å². The van der Waals surface area contributed by atoms with E-state index in [-0.39, 0.29) is 19.1 Å². The van der Waals surface area contributed by atoms with Gasteiger partial charge in [-0.05, 0) is 19.1 Å². The number of carbonyl (C=O) groups is 1. The van der Waals surface area contributed by atoms with Crippen molar-refractivity contribution >= 4 is 22.2 Å². The summed E-state index contributed by atoms with van der Waals surface area (Å²) in [6.07, 6.45) is 6.03. The van der Waals surface area contributed by atoms with Crippen LogP contribution in [0.25, 0.3) is 10.6 Å². The van der Waals surface area contributed by atoms with Crippen LogP contribution in [-0.2, 0) is 0 Å². The Hall–Kier alpha value is -2.54. The smallest absolute Gasteiger partial charge is 0.293 e. The summed E-state index contributed by atoms with van der Waals surface area (Å²) in [4.78, 5) is 24.1. The van der Waals surface area contributed by atoms with Crippen LogP contribution >= 0.6 is 11.3 Å². The fourth-order valence-corrected chi connectivity index (χ4v) is 2.57. The first-order chi connectivity index (χ1) is 9.74. The molecule has 0 aliphatic rings. The number of nitrogens with zero attached hydrogens (tertiary/aromatic N) is 3. The summed E-state index contributed by atoms with van der Waals surface area (Å²) in [7, 11) is 0. The predicted molar refractivity (Wildman–Crippen MR) is 81.3 cm³/mol. The van der Waals surface area contributed by atoms with Gasteiger partial charge in [0.1, 0.15) is 10.0 Å². The zero-order chi connectivity index (χ0) is 13.9. The van der Waals surface area contributed by atoms with E-state index < -0.39 is 0 Å². The first kappa shape index (κ1) is 14.9. The van der Waals surface area contributed by atoms with Crippen LogP contribution in [0.15, 0.2) is 41.5 Å². The second-order valence-electron chi connectivity index (χ2n) is 4.00. The van der Waals surface area contributed by atoms with Crippen LogP contribution < -0.4 is 5.32 Å². The Labute approximate surface area is 125 Å². The number of hydrogen-bond acceptors (Lipinski definition) is 6. The van der Waals surface area contributed by atoms with Gasteiger partial charge in [-0.25, -0.2) is 9.97 Å². The van der Waals surface area contributed by atoms with Gasteiger partial charge < -0.3 is 9.73 Å². The Morgan fingerprint density at radius 2 is 2.19 bits per heavy atom. The molecule has 3 heterocycles. The van der Waals surface area contributed by atoms with E-state index in [0.717, 1.165) is 16.3 Å². The average molecular weight is 302 g/mol. The number of carbonyl (C=O) groups excluding carboxylic acids is 1. The Balaban J connectivity index is 0.00000161. The third-order valence-corrected chi connectivity index (χ3v) is 3.71. The van der Waals surface area contributed by atoms with Crippen LogP contribution in [-0.4, -0.2) is 20.9 Å². The number of aryl methyl sites for hydroxylation is 1. The molecule has 0 unspecified atom stereocenters. The molecule has 7 heteroatoms. The van der Waals surface area contributed by atoms with Gasteiger partial charge in [-0.2, -0.15) is 0 Å². The maximum Gasteiger partial charge on any atom is 0.293 e. The summed E-state index contributed by atoms with van der Waals surface area (Å²) in [5.41, 5.74) is 1.67. The highest BCUT2D eigenvalue weighted by molar-refractivity contribution is 7.19. The van der Waals surface area contributed by atoms with E-state index in [1.165, 1.54) is 23.9 Å². The highest BCUT2D eigenvalue weighted by Gasteiger charge is 2.15. The second kappa shape index (κ2) is 6.27. The fourth-order valence-electron chi connectivity index (χ4n) is 1.62. The lowest BCUT2D eigenvalue weighted by Gasteiger charge is -1.98. The number of hydrogen-bond donors (Lipinski definition) is 1. The van der Waals surface area contributed by atoms with Crippen LogP contribution in [0.5, 0.6) is 0 Å². The molecule has 0 aromatic carbocycles. The molecule has 21 heavy (non-hydrogen) atoms. The highest BCUT2D eigenvalue weighted by atomic mass is 32.1. The quantitative estimate of drug-likeness (QED) is 0.802. The van der Waals surface area contributed by atoms with Gasteiger partial charge in [0.05, 0.1) is 11.9 Å². The first-order valence-corrected chi connectivity index (χ1v) is 6.63. The molecule has 3 aromatic rings. The largest absolute Gasteiger partial charge is 0.438 e. The molecule has 108 valence electrons. The molecule has 0 atom stereocenters. The Morgan fingerprint density at radius 1 is 1.33 bits per heavy atom. The number of rotatable bonds is 3. The molecule has 0 bridgehead atoms. The van der Waals surface area contributed by atoms with Gasteiger partial charge in [-0.3, -0.25) is 9.78 Å². The molecule has 0 aliphatic heterocycles. The molecule has 3 rings (SSSR count). The third kappa shape index (κ3) is 3.14. The third-order valence-electron chi connectivity index (χ3n) is 2.59. The molecule has 3 aromatic heterocycles. The van der Waals surface area contributed by atoms with Crippen molar-refractivity contribution in [3.63, 3.8) is 0 Å². The number of oxazole rings is 1. The average Bonchev–Trinajstić information content (AvgIpc) is 3.10. The zero-order valence-corrected chi connectivity index (χ0v) is 11.3. The van der Waals surface area contributed by atoms with Crippen LogP contribution in [0.2, 0.25) is 0 Å². The molecule has 0 saturated heterocycles. The maximum absolute atomic E-state index is 11.9. The normalized spacial score (nSPS) is 9.95. The lowest BCUT2D eigenvalue weighted by molar-refractivity contribution is 0.0997. The monoisotopic (exact) mass is 302 g/mol. The van der Waals surface area contributed by atoms with E-state index in [1.807, 2.05) is 19.1 Å². The van der Waals surface area contributed by atoms with E-state index in [4.69, 9.17) is 4.42 Å². The number of anilines is 1. The van der Waals surface area contributed by atoms with Crippen molar-refractivity contribution in [3.8, 4) is 10.6 Å². The number of thiazole rings is 1. The van der Waals surface area contributed by atoms with Gasteiger partial charge >= 0.3 is 0 Å². The van der Waals surface area contributed by atoms with Gasteiger partial charge in [0, 0.05) is 18.0 Å². The van der Waals surface area contributed by atoms with Crippen LogP contribution in [0.3, 0.4) is 0 Å². The van der Waals surface area contributed by atoms with E-state index in [9.17, 15) is 4.79 Å². The van der Waals surface area contributed by atoms with Crippen molar-refractivity contribution in [2.45, 2.75) is 14.4 Å². The molecule has 0 fully saturated rings. The van der Waals surface area contributed by atoms with Crippen molar-refractivity contribution in [2.24, 2.45) is 0 Å². The lowest BCUT2D eigenvalue weighted by atomic mass is 10.3. The molecular formula is C14H14N4O2S. The van der Waals surface area contributed by atoms with Gasteiger partial charge in [0.15, 0.2) is 6.39 Å². The van der Waals surface area contributed by atoms with Crippen molar-refractivity contribution in [2.75, 3.05) is 5.32 Å². The number of amides is 1. The summed E-state index contributed by atoms with van der Waals surface area (Å²) < 4.78 is 4.95. The lowest BCUT2D eigenvalue weighted by Crippen LogP contribution is -2.10. The van der Waals surface area contributed by atoms with Crippen LogP contribution in [0.1, 0.15) is 23.7 Å². The molecule has 0 saturated carbocycles. The highest BCUT2D eigenvalue weighted by Crippen LogP contribution is 2.31. The van der Waals surface area contributed by atoms with E-state index in [0.29, 0.717) is 5.00 Å². The molecule has 0 radical (unpaired) electrons.